The molecule has 17 heavy (non-hydrogen) atoms. The number of rotatable bonds is 6. The monoisotopic (exact) mass is 238 g/mol. The summed E-state index contributed by atoms with van der Waals surface area (Å²) < 4.78 is 1.46. The van der Waals surface area contributed by atoms with E-state index in [4.69, 9.17) is 0 Å². The molecule has 0 aromatic carbocycles. The molecule has 0 bridgehead atoms. The average Bonchev–Trinajstić information content (AvgIpc) is 2.31. The van der Waals surface area contributed by atoms with E-state index < -0.39 is 5.69 Å². The molecule has 0 aliphatic carbocycles. The number of hydrogen-bond acceptors (Lipinski definition) is 3. The summed E-state index contributed by atoms with van der Waals surface area (Å²) in [6.45, 7) is 4.15. The molecular formula is C12H18N2O3. The van der Waals surface area contributed by atoms with Crippen LogP contribution in [-0.2, 0) is 17.8 Å². The summed E-state index contributed by atoms with van der Waals surface area (Å²) in [7, 11) is 0. The van der Waals surface area contributed by atoms with Gasteiger partial charge in [-0.1, -0.05) is 13.8 Å². The van der Waals surface area contributed by atoms with Gasteiger partial charge in [0.15, 0.2) is 0 Å². The van der Waals surface area contributed by atoms with Crippen LogP contribution in [0.15, 0.2) is 15.8 Å². The summed E-state index contributed by atoms with van der Waals surface area (Å²) in [5.74, 6) is 0.193. The number of ketones is 1. The number of hydrogen-bond donors (Lipinski definition) is 1. The fourth-order valence-electron chi connectivity index (χ4n) is 1.60. The number of Topliss-reactive ketones (excluding diaryl/α,β-unsaturated/α-hetero) is 1. The Morgan fingerprint density at radius 3 is 2.65 bits per heavy atom. The van der Waals surface area contributed by atoms with Gasteiger partial charge in [0.05, 0.1) is 0 Å². The highest BCUT2D eigenvalue weighted by atomic mass is 16.2. The fraction of sp³-hybridized carbons (Fsp3) is 0.583. The molecule has 0 radical (unpaired) electrons. The van der Waals surface area contributed by atoms with Crippen LogP contribution in [0.2, 0.25) is 0 Å². The molecule has 0 saturated heterocycles. The lowest BCUT2D eigenvalue weighted by atomic mass is 10.2. The van der Waals surface area contributed by atoms with Crippen molar-refractivity contribution in [3.8, 4) is 0 Å². The second-order valence-corrected chi connectivity index (χ2v) is 3.96. The predicted octanol–water partition coefficient (Wildman–Crippen LogP) is 0.858. The van der Waals surface area contributed by atoms with Gasteiger partial charge in [-0.3, -0.25) is 14.6 Å². The van der Waals surface area contributed by atoms with Crippen LogP contribution >= 0.6 is 0 Å². The van der Waals surface area contributed by atoms with Crippen LogP contribution in [0.5, 0.6) is 0 Å². The maximum atomic E-state index is 11.5. The van der Waals surface area contributed by atoms with Gasteiger partial charge in [-0.05, 0) is 12.8 Å². The van der Waals surface area contributed by atoms with E-state index in [0.717, 1.165) is 0 Å². The normalized spacial score (nSPS) is 10.5. The molecule has 0 unspecified atom stereocenters. The van der Waals surface area contributed by atoms with Crippen molar-refractivity contribution >= 4 is 5.78 Å². The molecule has 0 atom stereocenters. The Morgan fingerprint density at radius 2 is 2.06 bits per heavy atom. The van der Waals surface area contributed by atoms with Gasteiger partial charge in [0, 0.05) is 31.1 Å². The van der Waals surface area contributed by atoms with Gasteiger partial charge >= 0.3 is 5.69 Å². The van der Waals surface area contributed by atoms with Crippen molar-refractivity contribution < 1.29 is 4.79 Å². The summed E-state index contributed by atoms with van der Waals surface area (Å²) in [6.07, 6.45) is 3.80. The highest BCUT2D eigenvalue weighted by Gasteiger charge is 2.04. The molecule has 0 saturated carbocycles. The van der Waals surface area contributed by atoms with Gasteiger partial charge in [-0.15, -0.1) is 0 Å². The lowest BCUT2D eigenvalue weighted by Gasteiger charge is -2.05. The molecule has 5 nitrogen and oxygen atoms in total. The topological polar surface area (TPSA) is 71.9 Å². The molecular weight excluding hydrogens is 220 g/mol. The first-order chi connectivity index (χ1) is 8.08. The van der Waals surface area contributed by atoms with Crippen LogP contribution in [0.4, 0.5) is 0 Å². The molecule has 1 aromatic rings. The van der Waals surface area contributed by atoms with Gasteiger partial charge < -0.3 is 4.57 Å². The molecule has 5 heteroatoms. The smallest absolute Gasteiger partial charge is 0.300 e. The van der Waals surface area contributed by atoms with Crippen LogP contribution in [0.1, 0.15) is 38.7 Å². The predicted molar refractivity (Wildman–Crippen MR) is 65.2 cm³/mol. The second-order valence-electron chi connectivity index (χ2n) is 3.96. The van der Waals surface area contributed by atoms with Crippen LogP contribution < -0.4 is 11.2 Å². The SMILES string of the molecule is CCC(=O)CCCn1cc(CC)c(=O)[nH]c1=O. The van der Waals surface area contributed by atoms with Gasteiger partial charge in [0.25, 0.3) is 5.56 Å². The Hall–Kier alpha value is -1.65. The van der Waals surface area contributed by atoms with Crippen molar-refractivity contribution in [2.75, 3.05) is 0 Å². The Morgan fingerprint density at radius 1 is 1.35 bits per heavy atom. The zero-order chi connectivity index (χ0) is 12.8. The molecule has 1 N–H and O–H groups in total. The number of nitrogens with zero attached hydrogens (tertiary/aromatic N) is 1. The number of aryl methyl sites for hydroxylation is 2. The molecule has 0 fully saturated rings. The van der Waals surface area contributed by atoms with E-state index in [0.29, 0.717) is 37.8 Å². The Kier molecular flexibility index (Phi) is 4.87. The third-order valence-electron chi connectivity index (χ3n) is 2.71. The third kappa shape index (κ3) is 3.69. The number of carbonyl (C=O) groups excluding carboxylic acids is 1. The maximum absolute atomic E-state index is 11.5. The lowest BCUT2D eigenvalue weighted by molar-refractivity contribution is -0.118. The first kappa shape index (κ1) is 13.4. The van der Waals surface area contributed by atoms with Gasteiger partial charge in [-0.2, -0.15) is 0 Å². The fourth-order valence-corrected chi connectivity index (χ4v) is 1.60. The first-order valence-electron chi connectivity index (χ1n) is 5.92. The van der Waals surface area contributed by atoms with Gasteiger partial charge in [-0.25, -0.2) is 4.79 Å². The van der Waals surface area contributed by atoms with Crippen molar-refractivity contribution in [1.82, 2.24) is 9.55 Å². The van der Waals surface area contributed by atoms with Crippen molar-refractivity contribution in [2.24, 2.45) is 0 Å². The average molecular weight is 238 g/mol. The number of H-pyrrole nitrogens is 1. The maximum Gasteiger partial charge on any atom is 0.328 e. The van der Waals surface area contributed by atoms with Crippen LogP contribution in [0, 0.1) is 0 Å². The lowest BCUT2D eigenvalue weighted by Crippen LogP contribution is -2.31. The molecule has 0 amide bonds. The van der Waals surface area contributed by atoms with E-state index in [1.165, 1.54) is 4.57 Å². The van der Waals surface area contributed by atoms with Crippen molar-refractivity contribution in [2.45, 2.75) is 46.1 Å². The Bertz CT molecular complexity index is 499. The standard InChI is InChI=1S/C12H18N2O3/c1-3-9-8-14(12(17)13-11(9)16)7-5-6-10(15)4-2/h8H,3-7H2,1-2H3,(H,13,16,17). The molecule has 1 heterocycles. The van der Waals surface area contributed by atoms with E-state index in [1.807, 2.05) is 13.8 Å². The number of nitrogens with one attached hydrogen (secondary N) is 1. The van der Waals surface area contributed by atoms with Crippen molar-refractivity contribution in [1.29, 1.82) is 0 Å². The van der Waals surface area contributed by atoms with Crippen LogP contribution in [0.25, 0.3) is 0 Å². The Balaban J connectivity index is 2.74. The van der Waals surface area contributed by atoms with Crippen molar-refractivity contribution in [3.63, 3.8) is 0 Å². The van der Waals surface area contributed by atoms with E-state index in [-0.39, 0.29) is 11.3 Å². The van der Waals surface area contributed by atoms with Crippen LogP contribution in [0.3, 0.4) is 0 Å². The summed E-state index contributed by atoms with van der Waals surface area (Å²) in [6, 6.07) is 0. The minimum absolute atomic E-state index is 0.193. The highest BCUT2D eigenvalue weighted by molar-refractivity contribution is 5.77. The minimum Gasteiger partial charge on any atom is -0.300 e. The van der Waals surface area contributed by atoms with Gasteiger partial charge in [0.2, 0.25) is 0 Å². The third-order valence-corrected chi connectivity index (χ3v) is 2.71. The van der Waals surface area contributed by atoms with E-state index in [9.17, 15) is 14.4 Å². The van der Waals surface area contributed by atoms with Crippen LogP contribution in [-0.4, -0.2) is 15.3 Å². The minimum atomic E-state index is -0.406. The molecule has 1 aromatic heterocycles. The zero-order valence-corrected chi connectivity index (χ0v) is 10.3. The number of aromatic amines is 1. The molecule has 0 spiro atoms. The quantitative estimate of drug-likeness (QED) is 0.798. The van der Waals surface area contributed by atoms with Crippen molar-refractivity contribution in [3.05, 3.63) is 32.6 Å². The number of aromatic nitrogens is 2. The van der Waals surface area contributed by atoms with Gasteiger partial charge in [0.1, 0.15) is 5.78 Å². The summed E-state index contributed by atoms with van der Waals surface area (Å²) >= 11 is 0. The first-order valence-corrected chi connectivity index (χ1v) is 5.92. The molecule has 0 aliphatic rings. The molecule has 0 aliphatic heterocycles. The Labute approximate surface area is 99.5 Å². The molecule has 94 valence electrons. The number of carbonyl (C=O) groups is 1. The largest absolute Gasteiger partial charge is 0.328 e. The summed E-state index contributed by atoms with van der Waals surface area (Å²) in [4.78, 5) is 36.2. The molecule has 1 rings (SSSR count). The summed E-state index contributed by atoms with van der Waals surface area (Å²) in [5.41, 5.74) is -0.138. The van der Waals surface area contributed by atoms with E-state index in [2.05, 4.69) is 4.98 Å². The van der Waals surface area contributed by atoms with E-state index >= 15 is 0 Å². The highest BCUT2D eigenvalue weighted by Crippen LogP contribution is 1.97. The zero-order valence-electron chi connectivity index (χ0n) is 10.3. The van der Waals surface area contributed by atoms with E-state index in [1.54, 1.807) is 6.20 Å². The summed E-state index contributed by atoms with van der Waals surface area (Å²) in [5, 5.41) is 0. The second kappa shape index (κ2) is 6.18.